The standard InChI is InChI=1S/C25H27N3O4S.ClH/c1-33(30,31)28-20-6-7-22-21(14-20)24(29)23(25(32-22)8-10-27-11-9-25)19-5-4-17-12-16(15-26)2-3-18(17)13-19;/h2-3,6-7,12,14,19,23,27-28H,4-5,8-11,13H2,1H3;1H. The van der Waals surface area contributed by atoms with Gasteiger partial charge in [0.25, 0.3) is 0 Å². The lowest BCUT2D eigenvalue weighted by molar-refractivity contribution is -0.0417. The van der Waals surface area contributed by atoms with Gasteiger partial charge < -0.3 is 10.1 Å². The zero-order valence-electron chi connectivity index (χ0n) is 19.0. The van der Waals surface area contributed by atoms with Gasteiger partial charge in [-0.2, -0.15) is 5.26 Å². The maximum Gasteiger partial charge on any atom is 0.229 e. The second-order valence-electron chi connectivity index (χ2n) is 9.44. The number of piperidine rings is 1. The third-order valence-electron chi connectivity index (χ3n) is 7.23. The number of rotatable bonds is 3. The number of fused-ring (bicyclic) bond motifs is 2. The smallest absolute Gasteiger partial charge is 0.229 e. The number of anilines is 1. The quantitative estimate of drug-likeness (QED) is 0.666. The lowest BCUT2D eigenvalue weighted by Crippen LogP contribution is -2.58. The Bertz CT molecular complexity index is 1270. The van der Waals surface area contributed by atoms with Crippen molar-refractivity contribution in [2.75, 3.05) is 24.1 Å². The van der Waals surface area contributed by atoms with Crippen LogP contribution in [0, 0.1) is 23.2 Å². The van der Waals surface area contributed by atoms with Crippen LogP contribution in [-0.2, 0) is 22.9 Å². The van der Waals surface area contributed by atoms with E-state index in [4.69, 9.17) is 4.74 Å². The number of ketones is 1. The number of aryl methyl sites for hydroxylation is 1. The summed E-state index contributed by atoms with van der Waals surface area (Å²) in [6, 6.07) is 13.0. The summed E-state index contributed by atoms with van der Waals surface area (Å²) < 4.78 is 32.5. The van der Waals surface area contributed by atoms with E-state index in [0.29, 0.717) is 22.6 Å². The molecule has 0 radical (unpaired) electrons. The molecule has 1 saturated heterocycles. The van der Waals surface area contributed by atoms with Crippen LogP contribution in [0.1, 0.15) is 46.3 Å². The summed E-state index contributed by atoms with van der Waals surface area (Å²) in [4.78, 5) is 14.0. The van der Waals surface area contributed by atoms with Crippen molar-refractivity contribution in [1.82, 2.24) is 5.32 Å². The van der Waals surface area contributed by atoms with Crippen LogP contribution in [-0.4, -0.2) is 39.1 Å². The van der Waals surface area contributed by atoms with Crippen LogP contribution in [0.3, 0.4) is 0 Å². The summed E-state index contributed by atoms with van der Waals surface area (Å²) in [6.07, 6.45) is 5.05. The highest BCUT2D eigenvalue weighted by molar-refractivity contribution is 7.92. The first-order chi connectivity index (χ1) is 15.8. The molecule has 0 saturated carbocycles. The average Bonchev–Trinajstić information content (AvgIpc) is 2.79. The van der Waals surface area contributed by atoms with Crippen molar-refractivity contribution in [3.63, 3.8) is 0 Å². The molecule has 7 nitrogen and oxygen atoms in total. The number of benzene rings is 2. The predicted molar refractivity (Wildman–Crippen MR) is 132 cm³/mol. The van der Waals surface area contributed by atoms with Crippen molar-refractivity contribution in [3.05, 3.63) is 58.7 Å². The number of sulfonamides is 1. The molecule has 2 aliphatic heterocycles. The molecule has 2 N–H and O–H groups in total. The van der Waals surface area contributed by atoms with E-state index in [0.717, 1.165) is 51.4 Å². The molecule has 1 fully saturated rings. The van der Waals surface area contributed by atoms with E-state index in [-0.39, 0.29) is 30.0 Å². The molecule has 0 aromatic heterocycles. The van der Waals surface area contributed by atoms with Crippen molar-refractivity contribution in [2.45, 2.75) is 37.7 Å². The minimum Gasteiger partial charge on any atom is -0.486 e. The van der Waals surface area contributed by atoms with Crippen LogP contribution in [0.15, 0.2) is 36.4 Å². The molecule has 34 heavy (non-hydrogen) atoms. The van der Waals surface area contributed by atoms with Crippen LogP contribution in [0.25, 0.3) is 0 Å². The summed E-state index contributed by atoms with van der Waals surface area (Å²) in [5.41, 5.74) is 3.30. The summed E-state index contributed by atoms with van der Waals surface area (Å²) in [7, 11) is -3.45. The number of carbonyl (C=O) groups is 1. The molecule has 9 heteroatoms. The fraction of sp³-hybridized carbons (Fsp3) is 0.440. The zero-order chi connectivity index (χ0) is 23.2. The van der Waals surface area contributed by atoms with Crippen molar-refractivity contribution in [1.29, 1.82) is 5.26 Å². The Hall–Kier alpha value is -2.60. The van der Waals surface area contributed by atoms with Crippen molar-refractivity contribution >= 4 is 33.9 Å². The highest BCUT2D eigenvalue weighted by Crippen LogP contribution is 2.48. The second kappa shape index (κ2) is 9.21. The number of nitrogens with zero attached hydrogens (tertiary/aromatic N) is 1. The molecule has 3 aliphatic rings. The largest absolute Gasteiger partial charge is 0.486 e. The van der Waals surface area contributed by atoms with Gasteiger partial charge in [0.15, 0.2) is 5.78 Å². The van der Waals surface area contributed by atoms with Gasteiger partial charge in [0.05, 0.1) is 29.4 Å². The van der Waals surface area contributed by atoms with Crippen molar-refractivity contribution in [2.24, 2.45) is 11.8 Å². The maximum absolute atomic E-state index is 14.0. The molecular weight excluding hydrogens is 474 g/mol. The minimum atomic E-state index is -3.45. The summed E-state index contributed by atoms with van der Waals surface area (Å²) in [5.74, 6) is 0.393. The Morgan fingerprint density at radius 1 is 1.15 bits per heavy atom. The fourth-order valence-corrected chi connectivity index (χ4v) is 6.38. The summed E-state index contributed by atoms with van der Waals surface area (Å²) >= 11 is 0. The van der Waals surface area contributed by atoms with Gasteiger partial charge >= 0.3 is 0 Å². The number of halogens is 1. The van der Waals surface area contributed by atoms with Gasteiger partial charge in [0.1, 0.15) is 11.4 Å². The lowest BCUT2D eigenvalue weighted by Gasteiger charge is -2.49. The van der Waals surface area contributed by atoms with E-state index < -0.39 is 15.6 Å². The Morgan fingerprint density at radius 3 is 2.62 bits per heavy atom. The Balaban J connectivity index is 0.00000274. The zero-order valence-corrected chi connectivity index (χ0v) is 20.6. The van der Waals surface area contributed by atoms with Gasteiger partial charge in [-0.3, -0.25) is 9.52 Å². The second-order valence-corrected chi connectivity index (χ2v) is 11.2. The van der Waals surface area contributed by atoms with Crippen LogP contribution >= 0.6 is 12.4 Å². The van der Waals surface area contributed by atoms with Crippen molar-refractivity contribution in [3.8, 4) is 11.8 Å². The first kappa shape index (κ1) is 24.5. The van der Waals surface area contributed by atoms with Gasteiger partial charge in [0.2, 0.25) is 10.0 Å². The van der Waals surface area contributed by atoms with E-state index in [1.54, 1.807) is 18.2 Å². The molecule has 2 atom stereocenters. The molecule has 1 spiro atoms. The van der Waals surface area contributed by atoms with Gasteiger partial charge in [0, 0.05) is 18.5 Å². The van der Waals surface area contributed by atoms with Crippen molar-refractivity contribution < 1.29 is 17.9 Å². The molecule has 2 aromatic rings. The summed E-state index contributed by atoms with van der Waals surface area (Å²) in [6.45, 7) is 1.59. The normalized spacial score (nSPS) is 23.0. The van der Waals surface area contributed by atoms with E-state index in [1.807, 2.05) is 18.2 Å². The molecular formula is C25H28ClN3O4S. The first-order valence-electron chi connectivity index (χ1n) is 11.4. The average molecular weight is 502 g/mol. The van der Waals surface area contributed by atoms with Crippen LogP contribution in [0.4, 0.5) is 5.69 Å². The monoisotopic (exact) mass is 501 g/mol. The predicted octanol–water partition coefficient (Wildman–Crippen LogP) is 3.47. The van der Waals surface area contributed by atoms with E-state index >= 15 is 0 Å². The number of ether oxygens (including phenoxy) is 1. The molecule has 1 aliphatic carbocycles. The number of nitriles is 1. The van der Waals surface area contributed by atoms with E-state index in [9.17, 15) is 18.5 Å². The number of hydrogen-bond acceptors (Lipinski definition) is 6. The first-order valence-corrected chi connectivity index (χ1v) is 13.2. The maximum atomic E-state index is 14.0. The number of carbonyl (C=O) groups excluding carboxylic acids is 1. The number of nitrogens with one attached hydrogen (secondary N) is 2. The summed E-state index contributed by atoms with van der Waals surface area (Å²) in [5, 5.41) is 12.6. The SMILES string of the molecule is CS(=O)(=O)Nc1ccc2c(c1)C(=O)C(C1CCc3cc(C#N)ccc3C1)C1(CCNCC1)O2.Cl. The topological polar surface area (TPSA) is 108 Å². The van der Waals surface area contributed by atoms with Gasteiger partial charge in [-0.25, -0.2) is 8.42 Å². The van der Waals surface area contributed by atoms with E-state index in [2.05, 4.69) is 16.1 Å². The van der Waals surface area contributed by atoms with Crippen LogP contribution in [0.2, 0.25) is 0 Å². The molecule has 2 heterocycles. The Labute approximate surface area is 206 Å². The van der Waals surface area contributed by atoms with Gasteiger partial charge in [-0.15, -0.1) is 12.4 Å². The van der Waals surface area contributed by atoms with E-state index in [1.165, 1.54) is 11.1 Å². The van der Waals surface area contributed by atoms with Crippen LogP contribution < -0.4 is 14.8 Å². The molecule has 0 bridgehead atoms. The number of Topliss-reactive ketones (excluding diaryl/α,β-unsaturated/α-hetero) is 1. The molecule has 0 amide bonds. The molecule has 5 rings (SSSR count). The fourth-order valence-electron chi connectivity index (χ4n) is 5.82. The van der Waals surface area contributed by atoms with Gasteiger partial charge in [-0.05, 0) is 79.7 Å². The molecule has 180 valence electrons. The highest BCUT2D eigenvalue weighted by Gasteiger charge is 2.53. The Kier molecular flexibility index (Phi) is 6.65. The third kappa shape index (κ3) is 4.52. The molecule has 2 unspecified atom stereocenters. The third-order valence-corrected chi connectivity index (χ3v) is 7.84. The van der Waals surface area contributed by atoms with Gasteiger partial charge in [-0.1, -0.05) is 6.07 Å². The number of hydrogen-bond donors (Lipinski definition) is 2. The van der Waals surface area contributed by atoms with Crippen LogP contribution in [0.5, 0.6) is 5.75 Å². The highest BCUT2D eigenvalue weighted by atomic mass is 35.5. The lowest BCUT2D eigenvalue weighted by atomic mass is 9.64. The Morgan fingerprint density at radius 2 is 1.91 bits per heavy atom. The minimum absolute atomic E-state index is 0. The molecule has 2 aromatic carbocycles.